The smallest absolute Gasteiger partial charge is 0.181 e. The SMILES string of the molecule is Brc1ccc(I)c(-c2ocnc2CNC2CC2)c1. The molecule has 0 amide bonds. The van der Waals surface area contributed by atoms with E-state index in [4.69, 9.17) is 4.42 Å². The lowest BCUT2D eigenvalue weighted by Gasteiger charge is -2.05. The lowest BCUT2D eigenvalue weighted by atomic mass is 10.1. The van der Waals surface area contributed by atoms with Crippen LogP contribution < -0.4 is 5.32 Å². The Labute approximate surface area is 128 Å². The molecule has 1 fully saturated rings. The number of nitrogens with zero attached hydrogens (tertiary/aromatic N) is 1. The third-order valence-electron chi connectivity index (χ3n) is 2.95. The van der Waals surface area contributed by atoms with E-state index in [1.807, 2.05) is 6.07 Å². The standard InChI is InChI=1S/C13H12BrIN2O/c14-8-1-4-11(15)10(5-8)13-12(17-7-18-13)6-16-9-2-3-9/h1,4-5,7,9,16H,2-3,6H2. The molecule has 1 N–H and O–H groups in total. The number of nitrogens with one attached hydrogen (secondary N) is 1. The fourth-order valence-electron chi connectivity index (χ4n) is 1.81. The van der Waals surface area contributed by atoms with Crippen molar-refractivity contribution in [1.29, 1.82) is 0 Å². The lowest BCUT2D eigenvalue weighted by molar-refractivity contribution is 0.569. The van der Waals surface area contributed by atoms with Crippen LogP contribution in [0.15, 0.2) is 33.5 Å². The van der Waals surface area contributed by atoms with Gasteiger partial charge in [0.25, 0.3) is 0 Å². The number of hydrogen-bond donors (Lipinski definition) is 1. The Bertz CT molecular complexity index is 566. The second-order valence-electron chi connectivity index (χ2n) is 4.41. The third-order valence-corrected chi connectivity index (χ3v) is 4.38. The molecule has 1 aliphatic rings. The van der Waals surface area contributed by atoms with E-state index in [1.54, 1.807) is 0 Å². The maximum Gasteiger partial charge on any atom is 0.181 e. The van der Waals surface area contributed by atoms with E-state index in [0.29, 0.717) is 6.04 Å². The molecule has 1 aromatic carbocycles. The molecule has 1 saturated carbocycles. The third kappa shape index (κ3) is 2.78. The highest BCUT2D eigenvalue weighted by atomic mass is 127. The first-order chi connectivity index (χ1) is 8.74. The van der Waals surface area contributed by atoms with Gasteiger partial charge in [-0.1, -0.05) is 15.9 Å². The van der Waals surface area contributed by atoms with Crippen LogP contribution in [0.3, 0.4) is 0 Å². The zero-order chi connectivity index (χ0) is 12.5. The second-order valence-corrected chi connectivity index (χ2v) is 6.49. The molecule has 2 aromatic rings. The summed E-state index contributed by atoms with van der Waals surface area (Å²) in [5.74, 6) is 0.869. The lowest BCUT2D eigenvalue weighted by Crippen LogP contribution is -2.16. The molecule has 5 heteroatoms. The Kier molecular flexibility index (Phi) is 3.72. The monoisotopic (exact) mass is 418 g/mol. The number of rotatable bonds is 4. The van der Waals surface area contributed by atoms with Gasteiger partial charge in [0.05, 0.1) is 0 Å². The molecule has 0 saturated heterocycles. The van der Waals surface area contributed by atoms with E-state index >= 15 is 0 Å². The quantitative estimate of drug-likeness (QED) is 0.763. The van der Waals surface area contributed by atoms with Gasteiger partial charge in [0, 0.05) is 26.2 Å². The largest absolute Gasteiger partial charge is 0.443 e. The predicted octanol–water partition coefficient (Wildman–Crippen LogP) is 3.96. The molecule has 0 bridgehead atoms. The van der Waals surface area contributed by atoms with Gasteiger partial charge in [-0.25, -0.2) is 4.98 Å². The Hall–Kier alpha value is -0.400. The average molecular weight is 419 g/mol. The van der Waals surface area contributed by atoms with Crippen LogP contribution in [0.1, 0.15) is 18.5 Å². The Morgan fingerprint density at radius 1 is 1.44 bits per heavy atom. The van der Waals surface area contributed by atoms with Crippen molar-refractivity contribution in [2.45, 2.75) is 25.4 Å². The van der Waals surface area contributed by atoms with Crippen LogP contribution in [0.4, 0.5) is 0 Å². The van der Waals surface area contributed by atoms with E-state index in [2.05, 4.69) is 61.0 Å². The maximum atomic E-state index is 5.56. The van der Waals surface area contributed by atoms with Gasteiger partial charge < -0.3 is 9.73 Å². The number of hydrogen-bond acceptors (Lipinski definition) is 3. The van der Waals surface area contributed by atoms with Crippen molar-refractivity contribution in [2.24, 2.45) is 0 Å². The van der Waals surface area contributed by atoms with E-state index in [-0.39, 0.29) is 0 Å². The van der Waals surface area contributed by atoms with E-state index < -0.39 is 0 Å². The molecule has 18 heavy (non-hydrogen) atoms. The van der Waals surface area contributed by atoms with Crippen molar-refractivity contribution >= 4 is 38.5 Å². The van der Waals surface area contributed by atoms with Crippen LogP contribution in [-0.4, -0.2) is 11.0 Å². The molecule has 3 rings (SSSR count). The van der Waals surface area contributed by atoms with Gasteiger partial charge in [-0.2, -0.15) is 0 Å². The summed E-state index contributed by atoms with van der Waals surface area (Å²) in [6, 6.07) is 6.85. The minimum Gasteiger partial charge on any atom is -0.443 e. The van der Waals surface area contributed by atoms with E-state index in [9.17, 15) is 0 Å². The minimum atomic E-state index is 0.677. The first kappa shape index (κ1) is 12.6. The van der Waals surface area contributed by atoms with Gasteiger partial charge in [-0.3, -0.25) is 0 Å². The van der Waals surface area contributed by atoms with Gasteiger partial charge in [0.1, 0.15) is 5.69 Å². The van der Waals surface area contributed by atoms with Crippen molar-refractivity contribution in [3.05, 3.63) is 38.3 Å². The summed E-state index contributed by atoms with van der Waals surface area (Å²) in [7, 11) is 0. The highest BCUT2D eigenvalue weighted by Crippen LogP contribution is 2.31. The highest BCUT2D eigenvalue weighted by Gasteiger charge is 2.22. The Balaban J connectivity index is 1.90. The number of oxazole rings is 1. The van der Waals surface area contributed by atoms with E-state index in [1.165, 1.54) is 22.8 Å². The van der Waals surface area contributed by atoms with Crippen LogP contribution in [-0.2, 0) is 6.54 Å². The van der Waals surface area contributed by atoms with Gasteiger partial charge >= 0.3 is 0 Å². The summed E-state index contributed by atoms with van der Waals surface area (Å²) in [6.45, 7) is 0.777. The van der Waals surface area contributed by atoms with Crippen LogP contribution in [0.25, 0.3) is 11.3 Å². The summed E-state index contributed by atoms with van der Waals surface area (Å²) in [5.41, 5.74) is 2.08. The average Bonchev–Trinajstić information content (AvgIpc) is 3.08. The summed E-state index contributed by atoms with van der Waals surface area (Å²) in [6.07, 6.45) is 4.08. The fourth-order valence-corrected chi connectivity index (χ4v) is 2.76. The first-order valence-electron chi connectivity index (χ1n) is 5.85. The zero-order valence-electron chi connectivity index (χ0n) is 9.62. The topological polar surface area (TPSA) is 38.1 Å². The van der Waals surface area contributed by atoms with Crippen molar-refractivity contribution in [2.75, 3.05) is 0 Å². The molecular weight excluding hydrogens is 407 g/mol. The normalized spacial score (nSPS) is 15.0. The van der Waals surface area contributed by atoms with Crippen LogP contribution >= 0.6 is 38.5 Å². The highest BCUT2D eigenvalue weighted by molar-refractivity contribution is 14.1. The van der Waals surface area contributed by atoms with Crippen LogP contribution in [0.5, 0.6) is 0 Å². The van der Waals surface area contributed by atoms with Gasteiger partial charge in [0.2, 0.25) is 0 Å². The van der Waals surface area contributed by atoms with Crippen molar-refractivity contribution < 1.29 is 4.42 Å². The molecule has 3 nitrogen and oxygen atoms in total. The predicted molar refractivity (Wildman–Crippen MR) is 82.2 cm³/mol. The Morgan fingerprint density at radius 2 is 2.28 bits per heavy atom. The summed E-state index contributed by atoms with van der Waals surface area (Å²) >= 11 is 5.82. The molecule has 0 unspecified atom stereocenters. The van der Waals surface area contributed by atoms with Crippen molar-refractivity contribution in [3.63, 3.8) is 0 Å². The number of halogens is 2. The Morgan fingerprint density at radius 3 is 3.06 bits per heavy atom. The van der Waals surface area contributed by atoms with Gasteiger partial charge in [0.15, 0.2) is 12.2 Å². The molecule has 0 aliphatic heterocycles. The van der Waals surface area contributed by atoms with Gasteiger partial charge in [-0.15, -0.1) is 0 Å². The maximum absolute atomic E-state index is 5.56. The second kappa shape index (κ2) is 5.30. The summed E-state index contributed by atoms with van der Waals surface area (Å²) in [4.78, 5) is 4.32. The number of aromatic nitrogens is 1. The molecular formula is C13H12BrIN2O. The molecule has 0 spiro atoms. The fraction of sp³-hybridized carbons (Fsp3) is 0.308. The van der Waals surface area contributed by atoms with E-state index in [0.717, 1.165) is 28.0 Å². The van der Waals surface area contributed by atoms with Crippen LogP contribution in [0.2, 0.25) is 0 Å². The molecule has 1 heterocycles. The first-order valence-corrected chi connectivity index (χ1v) is 7.72. The summed E-state index contributed by atoms with van der Waals surface area (Å²) in [5, 5.41) is 3.47. The molecule has 0 atom stereocenters. The molecule has 94 valence electrons. The number of benzene rings is 1. The van der Waals surface area contributed by atoms with Gasteiger partial charge in [-0.05, 0) is 53.6 Å². The van der Waals surface area contributed by atoms with Crippen LogP contribution in [0, 0.1) is 3.57 Å². The molecule has 0 radical (unpaired) electrons. The molecule has 1 aliphatic carbocycles. The van der Waals surface area contributed by atoms with Crippen molar-refractivity contribution in [1.82, 2.24) is 10.3 Å². The summed E-state index contributed by atoms with van der Waals surface area (Å²) < 4.78 is 7.78. The zero-order valence-corrected chi connectivity index (χ0v) is 13.4. The van der Waals surface area contributed by atoms with Crippen molar-refractivity contribution in [3.8, 4) is 11.3 Å². The minimum absolute atomic E-state index is 0.677. The molecule has 1 aromatic heterocycles.